The van der Waals surface area contributed by atoms with E-state index in [2.05, 4.69) is 25.9 Å². The van der Waals surface area contributed by atoms with E-state index in [1.54, 1.807) is 24.3 Å². The molecule has 2 heterocycles. The van der Waals surface area contributed by atoms with Crippen molar-refractivity contribution in [1.82, 2.24) is 14.9 Å². The van der Waals surface area contributed by atoms with Gasteiger partial charge in [-0.15, -0.1) is 0 Å². The highest BCUT2D eigenvalue weighted by Gasteiger charge is 2.35. The van der Waals surface area contributed by atoms with Crippen LogP contribution in [-0.2, 0) is 4.74 Å². The normalized spacial score (nSPS) is 15.8. The Morgan fingerprint density at radius 2 is 1.95 bits per heavy atom. The van der Waals surface area contributed by atoms with E-state index in [4.69, 9.17) is 4.74 Å². The van der Waals surface area contributed by atoms with Crippen LogP contribution in [0.1, 0.15) is 20.8 Å². The number of carbonyl (C=O) groups is 1. The molecule has 1 saturated heterocycles. The molecule has 1 fully saturated rings. The fourth-order valence-corrected chi connectivity index (χ4v) is 2.02. The molecule has 1 aromatic heterocycles. The van der Waals surface area contributed by atoms with E-state index in [1.165, 1.54) is 0 Å². The molecule has 1 aliphatic heterocycles. The van der Waals surface area contributed by atoms with Crippen LogP contribution in [0.15, 0.2) is 16.9 Å². The van der Waals surface area contributed by atoms with Gasteiger partial charge in [0.25, 0.3) is 0 Å². The molecule has 0 aromatic carbocycles. The van der Waals surface area contributed by atoms with Gasteiger partial charge in [0.15, 0.2) is 0 Å². The Bertz CT molecular complexity index is 480. The van der Waals surface area contributed by atoms with E-state index in [0.717, 1.165) is 17.6 Å². The Morgan fingerprint density at radius 3 is 2.45 bits per heavy atom. The first kappa shape index (κ1) is 15.0. The van der Waals surface area contributed by atoms with Crippen LogP contribution in [0.3, 0.4) is 0 Å². The SMILES string of the molecule is CN(C(=O)OC(C)(C)C)C1CN(c2ncc(Br)cn2)C1. The molecule has 0 saturated carbocycles. The van der Waals surface area contributed by atoms with Crippen LogP contribution in [0.5, 0.6) is 0 Å². The minimum atomic E-state index is -0.469. The average Bonchev–Trinajstić information content (AvgIpc) is 2.27. The largest absolute Gasteiger partial charge is 0.444 e. The first-order chi connectivity index (χ1) is 9.26. The zero-order valence-corrected chi connectivity index (χ0v) is 13.7. The van der Waals surface area contributed by atoms with Crippen LogP contribution in [0.25, 0.3) is 0 Å². The molecule has 0 aliphatic carbocycles. The molecule has 0 atom stereocenters. The lowest BCUT2D eigenvalue weighted by Crippen LogP contribution is -2.60. The molecule has 0 bridgehead atoms. The Balaban J connectivity index is 1.86. The van der Waals surface area contributed by atoms with Crippen molar-refractivity contribution >= 4 is 28.0 Å². The molecular formula is C13H19BrN4O2. The third kappa shape index (κ3) is 3.59. The van der Waals surface area contributed by atoms with Crippen LogP contribution >= 0.6 is 15.9 Å². The first-order valence-corrected chi connectivity index (χ1v) is 7.24. The quantitative estimate of drug-likeness (QED) is 0.825. The second-order valence-electron chi connectivity index (χ2n) is 5.85. The summed E-state index contributed by atoms with van der Waals surface area (Å²) in [6, 6.07) is 0.136. The predicted molar refractivity (Wildman–Crippen MR) is 79.7 cm³/mol. The highest BCUT2D eigenvalue weighted by molar-refractivity contribution is 9.10. The minimum absolute atomic E-state index is 0.136. The number of nitrogens with zero attached hydrogens (tertiary/aromatic N) is 4. The summed E-state index contributed by atoms with van der Waals surface area (Å²) < 4.78 is 6.20. The van der Waals surface area contributed by atoms with E-state index in [1.807, 2.05) is 25.7 Å². The third-order valence-electron chi connectivity index (χ3n) is 2.98. The van der Waals surface area contributed by atoms with Crippen molar-refractivity contribution in [2.24, 2.45) is 0 Å². The van der Waals surface area contributed by atoms with Gasteiger partial charge in [-0.2, -0.15) is 0 Å². The fourth-order valence-electron chi connectivity index (χ4n) is 1.82. The number of ether oxygens (including phenoxy) is 1. The zero-order chi connectivity index (χ0) is 14.9. The van der Waals surface area contributed by atoms with Crippen molar-refractivity contribution in [3.8, 4) is 0 Å². The number of anilines is 1. The molecule has 0 unspecified atom stereocenters. The van der Waals surface area contributed by atoms with Gasteiger partial charge >= 0.3 is 6.09 Å². The van der Waals surface area contributed by atoms with Gasteiger partial charge < -0.3 is 14.5 Å². The summed E-state index contributed by atoms with van der Waals surface area (Å²) in [5, 5.41) is 0. The molecule has 0 N–H and O–H groups in total. The summed E-state index contributed by atoms with van der Waals surface area (Å²) in [5.41, 5.74) is -0.469. The number of halogens is 1. The molecular weight excluding hydrogens is 324 g/mol. The Morgan fingerprint density at radius 1 is 1.40 bits per heavy atom. The van der Waals surface area contributed by atoms with E-state index in [-0.39, 0.29) is 12.1 Å². The lowest BCUT2D eigenvalue weighted by molar-refractivity contribution is 0.0196. The molecule has 0 spiro atoms. The van der Waals surface area contributed by atoms with Crippen LogP contribution in [0.4, 0.5) is 10.7 Å². The Labute approximate surface area is 127 Å². The lowest BCUT2D eigenvalue weighted by Gasteiger charge is -2.43. The minimum Gasteiger partial charge on any atom is -0.444 e. The number of hydrogen-bond donors (Lipinski definition) is 0. The molecule has 2 rings (SSSR count). The highest BCUT2D eigenvalue weighted by atomic mass is 79.9. The monoisotopic (exact) mass is 342 g/mol. The molecule has 1 amide bonds. The maximum atomic E-state index is 11.9. The summed E-state index contributed by atoms with van der Waals surface area (Å²) in [4.78, 5) is 24.1. The van der Waals surface area contributed by atoms with E-state index in [0.29, 0.717) is 5.95 Å². The topological polar surface area (TPSA) is 58.6 Å². The maximum absolute atomic E-state index is 11.9. The average molecular weight is 343 g/mol. The third-order valence-corrected chi connectivity index (χ3v) is 3.39. The van der Waals surface area contributed by atoms with Gasteiger partial charge in [0.05, 0.1) is 10.5 Å². The summed E-state index contributed by atoms with van der Waals surface area (Å²) >= 11 is 3.30. The van der Waals surface area contributed by atoms with E-state index >= 15 is 0 Å². The first-order valence-electron chi connectivity index (χ1n) is 6.44. The van der Waals surface area contributed by atoms with Crippen molar-refractivity contribution in [3.05, 3.63) is 16.9 Å². The molecule has 110 valence electrons. The lowest BCUT2D eigenvalue weighted by atomic mass is 10.1. The van der Waals surface area contributed by atoms with Gasteiger partial charge in [0.2, 0.25) is 5.95 Å². The van der Waals surface area contributed by atoms with Gasteiger partial charge in [0.1, 0.15) is 5.60 Å². The molecule has 1 aromatic rings. The summed E-state index contributed by atoms with van der Waals surface area (Å²) in [7, 11) is 1.76. The standard InChI is InChI=1S/C13H19BrN4O2/c1-13(2,3)20-12(19)17(4)10-7-18(8-10)11-15-5-9(14)6-16-11/h5-6,10H,7-8H2,1-4H3. The van der Waals surface area contributed by atoms with Gasteiger partial charge in [-0.1, -0.05) is 0 Å². The number of hydrogen-bond acceptors (Lipinski definition) is 5. The summed E-state index contributed by atoms with van der Waals surface area (Å²) in [5.74, 6) is 0.682. The van der Waals surface area contributed by atoms with Gasteiger partial charge in [-0.3, -0.25) is 0 Å². The van der Waals surface area contributed by atoms with Gasteiger partial charge in [-0.25, -0.2) is 14.8 Å². The van der Waals surface area contributed by atoms with Crippen LogP contribution in [0.2, 0.25) is 0 Å². The number of likely N-dealkylation sites (N-methyl/N-ethyl adjacent to an activating group) is 1. The van der Waals surface area contributed by atoms with Crippen LogP contribution < -0.4 is 4.90 Å². The molecule has 6 nitrogen and oxygen atoms in total. The van der Waals surface area contributed by atoms with Crippen LogP contribution in [0, 0.1) is 0 Å². The second-order valence-corrected chi connectivity index (χ2v) is 6.77. The van der Waals surface area contributed by atoms with Crippen molar-refractivity contribution in [1.29, 1.82) is 0 Å². The maximum Gasteiger partial charge on any atom is 0.410 e. The number of amides is 1. The Hall–Kier alpha value is -1.37. The Kier molecular flexibility index (Phi) is 4.17. The zero-order valence-electron chi connectivity index (χ0n) is 12.1. The number of carbonyl (C=O) groups excluding carboxylic acids is 1. The summed E-state index contributed by atoms with van der Waals surface area (Å²) in [6.45, 7) is 7.03. The van der Waals surface area contributed by atoms with E-state index in [9.17, 15) is 4.79 Å². The molecule has 0 radical (unpaired) electrons. The van der Waals surface area contributed by atoms with Crippen LogP contribution in [-0.4, -0.2) is 52.7 Å². The number of aromatic nitrogens is 2. The predicted octanol–water partition coefficient (Wildman–Crippen LogP) is 2.29. The molecule has 20 heavy (non-hydrogen) atoms. The number of rotatable bonds is 2. The van der Waals surface area contributed by atoms with E-state index < -0.39 is 5.60 Å². The van der Waals surface area contributed by atoms with Crippen molar-refractivity contribution in [2.45, 2.75) is 32.4 Å². The second kappa shape index (κ2) is 5.55. The van der Waals surface area contributed by atoms with Crippen molar-refractivity contribution in [3.63, 3.8) is 0 Å². The van der Waals surface area contributed by atoms with Crippen molar-refractivity contribution < 1.29 is 9.53 Å². The van der Waals surface area contributed by atoms with Gasteiger partial charge in [-0.05, 0) is 36.7 Å². The highest BCUT2D eigenvalue weighted by Crippen LogP contribution is 2.21. The summed E-state index contributed by atoms with van der Waals surface area (Å²) in [6.07, 6.45) is 3.14. The fraction of sp³-hybridized carbons (Fsp3) is 0.615. The molecule has 1 aliphatic rings. The smallest absolute Gasteiger partial charge is 0.410 e. The molecule has 7 heteroatoms. The van der Waals surface area contributed by atoms with Crippen molar-refractivity contribution in [2.75, 3.05) is 25.0 Å². The van der Waals surface area contributed by atoms with Gasteiger partial charge in [0, 0.05) is 32.5 Å².